The highest BCUT2D eigenvalue weighted by atomic mass is 16.5. The predicted molar refractivity (Wildman–Crippen MR) is 109 cm³/mol. The van der Waals surface area contributed by atoms with E-state index in [1.54, 1.807) is 24.3 Å². The molecule has 2 aromatic carbocycles. The van der Waals surface area contributed by atoms with Crippen LogP contribution in [0.1, 0.15) is 41.8 Å². The molecule has 2 heterocycles. The number of para-hydroxylation sites is 1. The Kier molecular flexibility index (Phi) is 5.80. The van der Waals surface area contributed by atoms with E-state index in [1.807, 2.05) is 24.3 Å². The van der Waals surface area contributed by atoms with Crippen molar-refractivity contribution in [2.45, 2.75) is 31.9 Å². The molecule has 9 heteroatoms. The molecule has 1 aliphatic rings. The largest absolute Gasteiger partial charge is 0.373 e. The zero-order valence-electron chi connectivity index (χ0n) is 16.5. The van der Waals surface area contributed by atoms with Crippen LogP contribution < -0.4 is 10.6 Å². The Bertz CT molecular complexity index is 1020. The first kappa shape index (κ1) is 19.7. The fraction of sp³-hybridized carbons (Fsp3) is 0.286. The van der Waals surface area contributed by atoms with Crippen molar-refractivity contribution in [3.63, 3.8) is 0 Å². The van der Waals surface area contributed by atoms with Crippen molar-refractivity contribution in [2.75, 3.05) is 11.9 Å². The van der Waals surface area contributed by atoms with E-state index in [0.717, 1.165) is 17.7 Å². The summed E-state index contributed by atoms with van der Waals surface area (Å²) in [6, 6.07) is 14.6. The number of hydrogen-bond donors (Lipinski definition) is 2. The van der Waals surface area contributed by atoms with Crippen molar-refractivity contribution in [3.05, 3.63) is 66.0 Å². The molecule has 0 spiro atoms. The molecule has 0 unspecified atom stereocenters. The van der Waals surface area contributed by atoms with Crippen LogP contribution in [0, 0.1) is 0 Å². The van der Waals surface area contributed by atoms with E-state index in [4.69, 9.17) is 4.74 Å². The molecule has 1 aromatic heterocycles. The summed E-state index contributed by atoms with van der Waals surface area (Å²) < 4.78 is 7.45. The van der Waals surface area contributed by atoms with Gasteiger partial charge in [0.15, 0.2) is 0 Å². The maximum atomic E-state index is 12.8. The second-order valence-electron chi connectivity index (χ2n) is 7.12. The van der Waals surface area contributed by atoms with Gasteiger partial charge >= 0.3 is 0 Å². The van der Waals surface area contributed by atoms with E-state index in [0.29, 0.717) is 24.3 Å². The SMILES string of the molecule is CC(=O)N[C@@H]1CCO[C@H](c2ccccc2NC(=O)c2ccc(-n3cnnn3)cc2)C1. The highest BCUT2D eigenvalue weighted by Gasteiger charge is 2.26. The van der Waals surface area contributed by atoms with Crippen LogP contribution in [-0.2, 0) is 9.53 Å². The second-order valence-corrected chi connectivity index (χ2v) is 7.12. The third-order valence-corrected chi connectivity index (χ3v) is 4.99. The number of anilines is 1. The third kappa shape index (κ3) is 4.52. The Labute approximate surface area is 173 Å². The van der Waals surface area contributed by atoms with Gasteiger partial charge in [-0.05, 0) is 53.6 Å². The third-order valence-electron chi connectivity index (χ3n) is 4.99. The van der Waals surface area contributed by atoms with Crippen LogP contribution in [0.5, 0.6) is 0 Å². The van der Waals surface area contributed by atoms with Gasteiger partial charge < -0.3 is 15.4 Å². The van der Waals surface area contributed by atoms with E-state index in [1.165, 1.54) is 17.9 Å². The molecule has 9 nitrogen and oxygen atoms in total. The lowest BCUT2D eigenvalue weighted by molar-refractivity contribution is -0.120. The van der Waals surface area contributed by atoms with Gasteiger partial charge in [0.1, 0.15) is 6.33 Å². The van der Waals surface area contributed by atoms with Crippen LogP contribution in [-0.4, -0.2) is 44.7 Å². The lowest BCUT2D eigenvalue weighted by Gasteiger charge is -2.31. The molecule has 1 saturated heterocycles. The van der Waals surface area contributed by atoms with Crippen LogP contribution in [0.15, 0.2) is 54.9 Å². The smallest absolute Gasteiger partial charge is 0.255 e. The molecule has 1 aliphatic heterocycles. The molecule has 0 bridgehead atoms. The number of nitrogens with one attached hydrogen (secondary N) is 2. The van der Waals surface area contributed by atoms with E-state index in [2.05, 4.69) is 26.2 Å². The van der Waals surface area contributed by atoms with Crippen molar-refractivity contribution in [1.82, 2.24) is 25.5 Å². The van der Waals surface area contributed by atoms with Crippen molar-refractivity contribution in [1.29, 1.82) is 0 Å². The van der Waals surface area contributed by atoms with Gasteiger partial charge in [0, 0.05) is 36.4 Å². The summed E-state index contributed by atoms with van der Waals surface area (Å²) >= 11 is 0. The summed E-state index contributed by atoms with van der Waals surface area (Å²) in [6.07, 6.45) is 2.73. The number of ether oxygens (including phenoxy) is 1. The lowest BCUT2D eigenvalue weighted by Crippen LogP contribution is -2.38. The number of carbonyl (C=O) groups is 2. The topological polar surface area (TPSA) is 111 Å². The Balaban J connectivity index is 1.48. The molecule has 2 amide bonds. The molecule has 0 aliphatic carbocycles. The molecular weight excluding hydrogens is 384 g/mol. The van der Waals surface area contributed by atoms with Gasteiger partial charge in [-0.1, -0.05) is 18.2 Å². The van der Waals surface area contributed by atoms with E-state index in [-0.39, 0.29) is 24.0 Å². The van der Waals surface area contributed by atoms with Gasteiger partial charge in [0.25, 0.3) is 5.91 Å². The standard InChI is InChI=1S/C21H22N6O3/c1-14(28)23-16-10-11-30-20(12-16)18-4-2-3-5-19(18)24-21(29)15-6-8-17(9-7-15)27-13-22-25-26-27/h2-9,13,16,20H,10-12H2,1H3,(H,23,28)(H,24,29)/t16-,20+/m1/s1. The van der Waals surface area contributed by atoms with Crippen molar-refractivity contribution in [2.24, 2.45) is 0 Å². The van der Waals surface area contributed by atoms with Gasteiger partial charge in [-0.25, -0.2) is 4.68 Å². The van der Waals surface area contributed by atoms with E-state index in [9.17, 15) is 9.59 Å². The van der Waals surface area contributed by atoms with E-state index < -0.39 is 0 Å². The van der Waals surface area contributed by atoms with Gasteiger partial charge in [0.2, 0.25) is 5.91 Å². The van der Waals surface area contributed by atoms with Crippen LogP contribution in [0.4, 0.5) is 5.69 Å². The fourth-order valence-electron chi connectivity index (χ4n) is 3.56. The Morgan fingerprint density at radius 1 is 1.13 bits per heavy atom. The average Bonchev–Trinajstić information content (AvgIpc) is 3.29. The zero-order valence-corrected chi connectivity index (χ0v) is 16.5. The number of tetrazole rings is 1. The Hall–Kier alpha value is -3.59. The number of carbonyl (C=O) groups excluding carboxylic acids is 2. The monoisotopic (exact) mass is 406 g/mol. The maximum Gasteiger partial charge on any atom is 0.255 e. The highest BCUT2D eigenvalue weighted by Crippen LogP contribution is 2.33. The molecule has 30 heavy (non-hydrogen) atoms. The van der Waals surface area contributed by atoms with Crippen LogP contribution in [0.3, 0.4) is 0 Å². The summed E-state index contributed by atoms with van der Waals surface area (Å²) in [7, 11) is 0. The molecule has 2 atom stereocenters. The molecule has 0 radical (unpaired) electrons. The second kappa shape index (κ2) is 8.83. The first-order valence-electron chi connectivity index (χ1n) is 9.72. The highest BCUT2D eigenvalue weighted by molar-refractivity contribution is 6.04. The van der Waals surface area contributed by atoms with Gasteiger partial charge in [-0.2, -0.15) is 0 Å². The minimum atomic E-state index is -0.222. The maximum absolute atomic E-state index is 12.8. The number of aromatic nitrogens is 4. The minimum Gasteiger partial charge on any atom is -0.373 e. The number of nitrogens with zero attached hydrogens (tertiary/aromatic N) is 4. The van der Waals surface area contributed by atoms with Crippen LogP contribution in [0.2, 0.25) is 0 Å². The molecule has 2 N–H and O–H groups in total. The first-order chi connectivity index (χ1) is 14.6. The van der Waals surface area contributed by atoms with Crippen molar-refractivity contribution in [3.8, 4) is 5.69 Å². The Morgan fingerprint density at radius 3 is 2.67 bits per heavy atom. The molecule has 4 rings (SSSR count). The van der Waals surface area contributed by atoms with Gasteiger partial charge in [0.05, 0.1) is 11.8 Å². The van der Waals surface area contributed by atoms with E-state index >= 15 is 0 Å². The molecule has 0 saturated carbocycles. The minimum absolute atomic E-state index is 0.0487. The summed E-state index contributed by atoms with van der Waals surface area (Å²) in [6.45, 7) is 2.07. The predicted octanol–water partition coefficient (Wildman–Crippen LogP) is 2.27. The summed E-state index contributed by atoms with van der Waals surface area (Å²) in [5.74, 6) is -0.271. The summed E-state index contributed by atoms with van der Waals surface area (Å²) in [5.41, 5.74) is 2.87. The number of amides is 2. The summed E-state index contributed by atoms with van der Waals surface area (Å²) in [5, 5.41) is 17.0. The molecule has 3 aromatic rings. The summed E-state index contributed by atoms with van der Waals surface area (Å²) in [4.78, 5) is 24.2. The van der Waals surface area contributed by atoms with Crippen molar-refractivity contribution < 1.29 is 14.3 Å². The van der Waals surface area contributed by atoms with Crippen LogP contribution >= 0.6 is 0 Å². The normalized spacial score (nSPS) is 18.6. The quantitative estimate of drug-likeness (QED) is 0.672. The fourth-order valence-corrected chi connectivity index (χ4v) is 3.56. The number of hydrogen-bond acceptors (Lipinski definition) is 6. The van der Waals surface area contributed by atoms with Crippen molar-refractivity contribution >= 4 is 17.5 Å². The van der Waals surface area contributed by atoms with Gasteiger partial charge in [-0.3, -0.25) is 9.59 Å². The number of rotatable bonds is 5. The number of benzene rings is 2. The average molecular weight is 406 g/mol. The lowest BCUT2D eigenvalue weighted by atomic mass is 9.96. The molecule has 154 valence electrons. The molecule has 1 fully saturated rings. The van der Waals surface area contributed by atoms with Crippen LogP contribution in [0.25, 0.3) is 5.69 Å². The Morgan fingerprint density at radius 2 is 1.93 bits per heavy atom. The first-order valence-corrected chi connectivity index (χ1v) is 9.72. The van der Waals surface area contributed by atoms with Gasteiger partial charge in [-0.15, -0.1) is 5.10 Å². The zero-order chi connectivity index (χ0) is 20.9. The molecular formula is C21H22N6O3.